The number of nitrogens with one attached hydrogen (secondary N) is 1. The number of aromatic amines is 1. The van der Waals surface area contributed by atoms with Crippen molar-refractivity contribution in [2.24, 2.45) is 5.92 Å². The van der Waals surface area contributed by atoms with Gasteiger partial charge in [-0.2, -0.15) is 8.78 Å². The molecule has 2 unspecified atom stereocenters. The zero-order chi connectivity index (χ0) is 38.8. The van der Waals surface area contributed by atoms with Crippen molar-refractivity contribution in [3.8, 4) is 17.2 Å². The van der Waals surface area contributed by atoms with Crippen LogP contribution in [0.1, 0.15) is 51.6 Å². The first kappa shape index (κ1) is 35.7. The summed E-state index contributed by atoms with van der Waals surface area (Å²) in [4.78, 5) is 50.1. The number of hydrogen-bond acceptors (Lipinski definition) is 7. The Kier molecular flexibility index (Phi) is 8.91. The SMILES string of the molecule is O=C(Oc1c(F)c(F)c(F)c(F)c1F)c1ccc(CN2CCC(CN3CC(=O)N4C(Cc5c([nH]c6ccccc56)C4c4ccc5c(c4)OCO5)C3=O)CC2)cc1. The van der Waals surface area contributed by atoms with Gasteiger partial charge in [0.2, 0.25) is 53.4 Å². The minimum atomic E-state index is -2.35. The van der Waals surface area contributed by atoms with E-state index in [0.717, 1.165) is 46.1 Å². The number of rotatable bonds is 7. The van der Waals surface area contributed by atoms with Crippen molar-refractivity contribution in [2.45, 2.75) is 37.9 Å². The van der Waals surface area contributed by atoms with Crippen molar-refractivity contribution >= 4 is 28.7 Å². The van der Waals surface area contributed by atoms with Crippen LogP contribution in [0.5, 0.6) is 17.2 Å². The molecule has 4 aliphatic heterocycles. The van der Waals surface area contributed by atoms with Crippen LogP contribution in [-0.4, -0.2) is 76.5 Å². The number of esters is 1. The number of fused-ring (bicyclic) bond motifs is 5. The second kappa shape index (κ2) is 14.0. The molecule has 10 nitrogen and oxygen atoms in total. The molecule has 2 fully saturated rings. The van der Waals surface area contributed by atoms with E-state index in [4.69, 9.17) is 9.47 Å². The minimum absolute atomic E-state index is 0.0226. The summed E-state index contributed by atoms with van der Waals surface area (Å²) in [5, 5.41) is 1.02. The van der Waals surface area contributed by atoms with E-state index in [1.165, 1.54) is 12.1 Å². The Hall–Kier alpha value is -5.96. The Morgan fingerprint density at radius 1 is 0.839 bits per heavy atom. The third kappa shape index (κ3) is 6.10. The van der Waals surface area contributed by atoms with E-state index in [2.05, 4.69) is 14.6 Å². The number of H-pyrrole nitrogens is 1. The summed E-state index contributed by atoms with van der Waals surface area (Å²) in [5.41, 5.74) is 4.36. The number of piperazine rings is 1. The largest absolute Gasteiger partial charge is 0.454 e. The fourth-order valence-corrected chi connectivity index (χ4v) is 8.38. The molecule has 9 rings (SSSR count). The van der Waals surface area contributed by atoms with Gasteiger partial charge < -0.3 is 29.0 Å². The summed E-state index contributed by atoms with van der Waals surface area (Å²) in [6.07, 6.45) is 1.96. The molecule has 0 radical (unpaired) electrons. The van der Waals surface area contributed by atoms with Gasteiger partial charge in [-0.3, -0.25) is 14.5 Å². The van der Waals surface area contributed by atoms with Crippen molar-refractivity contribution < 1.29 is 50.5 Å². The summed E-state index contributed by atoms with van der Waals surface area (Å²) in [5.74, 6) is -13.0. The Bertz CT molecular complexity index is 2380. The van der Waals surface area contributed by atoms with E-state index >= 15 is 0 Å². The second-order valence-electron chi connectivity index (χ2n) is 14.5. The first-order valence-corrected chi connectivity index (χ1v) is 18.2. The predicted octanol–water partition coefficient (Wildman–Crippen LogP) is 6.41. The lowest BCUT2D eigenvalue weighted by atomic mass is 9.85. The standard InChI is InChI=1S/C41H33F5N4O6/c42-32-33(43)35(45)39(36(46)34(32)44)56-41(53)23-7-5-21(6-8-23)17-48-13-11-22(12-14-48)18-49-19-31(51)50-28(40(49)52)16-26-25-3-1-2-4-27(25)47-37(26)38(50)24-9-10-29-30(15-24)55-20-54-29/h1-10,15,22,28,38,47H,11-14,16-20H2. The van der Waals surface area contributed by atoms with Gasteiger partial charge in [-0.15, -0.1) is 0 Å². The number of halogens is 5. The van der Waals surface area contributed by atoms with Gasteiger partial charge in [0.1, 0.15) is 6.04 Å². The van der Waals surface area contributed by atoms with Crippen LogP contribution in [0.4, 0.5) is 22.0 Å². The van der Waals surface area contributed by atoms with Crippen molar-refractivity contribution in [1.82, 2.24) is 19.7 Å². The van der Waals surface area contributed by atoms with Crippen LogP contribution in [0.2, 0.25) is 0 Å². The highest BCUT2D eigenvalue weighted by Gasteiger charge is 2.49. The van der Waals surface area contributed by atoms with Crippen molar-refractivity contribution in [3.05, 3.63) is 124 Å². The molecule has 0 saturated carbocycles. The Morgan fingerprint density at radius 2 is 1.54 bits per heavy atom. The van der Waals surface area contributed by atoms with Crippen LogP contribution >= 0.6 is 0 Å². The Labute approximate surface area is 316 Å². The third-order valence-corrected chi connectivity index (χ3v) is 11.2. The fraction of sp³-hybridized carbons (Fsp3) is 0.293. The van der Waals surface area contributed by atoms with Crippen LogP contribution in [-0.2, 0) is 22.6 Å². The lowest BCUT2D eigenvalue weighted by Crippen LogP contribution is -2.63. The molecule has 5 heterocycles. The first-order valence-electron chi connectivity index (χ1n) is 18.2. The van der Waals surface area contributed by atoms with Crippen LogP contribution in [0, 0.1) is 35.0 Å². The maximum Gasteiger partial charge on any atom is 0.343 e. The predicted molar refractivity (Wildman–Crippen MR) is 189 cm³/mol. The highest BCUT2D eigenvalue weighted by Crippen LogP contribution is 2.45. The number of para-hydroxylation sites is 1. The number of ether oxygens (including phenoxy) is 3. The number of hydrogen-bond donors (Lipinski definition) is 1. The average Bonchev–Trinajstić information content (AvgIpc) is 3.84. The number of carbonyl (C=O) groups excluding carboxylic acids is 3. The van der Waals surface area contributed by atoms with E-state index in [9.17, 15) is 36.3 Å². The van der Waals surface area contributed by atoms with Gasteiger partial charge in [-0.05, 0) is 78.9 Å². The molecule has 0 aliphatic carbocycles. The molecule has 288 valence electrons. The summed E-state index contributed by atoms with van der Waals surface area (Å²) < 4.78 is 84.2. The van der Waals surface area contributed by atoms with Gasteiger partial charge in [-0.25, -0.2) is 18.0 Å². The zero-order valence-electron chi connectivity index (χ0n) is 29.6. The highest BCUT2D eigenvalue weighted by atomic mass is 19.2. The topological polar surface area (TPSA) is 104 Å². The monoisotopic (exact) mass is 772 g/mol. The van der Waals surface area contributed by atoms with Gasteiger partial charge in [0.25, 0.3) is 0 Å². The lowest BCUT2D eigenvalue weighted by molar-refractivity contribution is -0.159. The third-order valence-electron chi connectivity index (χ3n) is 11.2. The molecule has 2 amide bonds. The van der Waals surface area contributed by atoms with E-state index in [1.807, 2.05) is 42.5 Å². The van der Waals surface area contributed by atoms with E-state index in [-0.39, 0.29) is 36.6 Å². The quantitative estimate of drug-likeness (QED) is 0.0671. The number of piperidine rings is 1. The number of aromatic nitrogens is 1. The average molecular weight is 773 g/mol. The second-order valence-corrected chi connectivity index (χ2v) is 14.5. The van der Waals surface area contributed by atoms with Crippen molar-refractivity contribution in [2.75, 3.05) is 33.0 Å². The molecule has 56 heavy (non-hydrogen) atoms. The van der Waals surface area contributed by atoms with Crippen molar-refractivity contribution in [3.63, 3.8) is 0 Å². The molecule has 1 N–H and O–H groups in total. The van der Waals surface area contributed by atoms with E-state index < -0.39 is 52.9 Å². The molecular weight excluding hydrogens is 739 g/mol. The molecule has 1 aromatic heterocycles. The molecule has 5 aromatic rings. The Morgan fingerprint density at radius 3 is 2.29 bits per heavy atom. The normalized spacial score (nSPS) is 19.7. The van der Waals surface area contributed by atoms with Gasteiger partial charge in [0.15, 0.2) is 11.5 Å². The first-order chi connectivity index (χ1) is 27.0. The molecule has 15 heteroatoms. The molecule has 0 spiro atoms. The molecule has 2 saturated heterocycles. The van der Waals surface area contributed by atoms with E-state index in [0.29, 0.717) is 44.1 Å². The van der Waals surface area contributed by atoms with Crippen molar-refractivity contribution in [1.29, 1.82) is 0 Å². The smallest absolute Gasteiger partial charge is 0.343 e. The van der Waals surface area contributed by atoms with Crippen LogP contribution in [0.15, 0.2) is 66.7 Å². The van der Waals surface area contributed by atoms with Gasteiger partial charge >= 0.3 is 5.97 Å². The number of amides is 2. The summed E-state index contributed by atoms with van der Waals surface area (Å²) in [7, 11) is 0. The number of likely N-dealkylation sites (tertiary alicyclic amines) is 1. The summed E-state index contributed by atoms with van der Waals surface area (Å²) in [6.45, 7) is 2.50. The zero-order valence-corrected chi connectivity index (χ0v) is 29.6. The molecule has 4 aliphatic rings. The van der Waals surface area contributed by atoms with Crippen LogP contribution < -0.4 is 14.2 Å². The maximum absolute atomic E-state index is 14.3. The van der Waals surface area contributed by atoms with Crippen LogP contribution in [0.25, 0.3) is 10.9 Å². The fourth-order valence-electron chi connectivity index (χ4n) is 8.38. The van der Waals surface area contributed by atoms with Crippen LogP contribution in [0.3, 0.4) is 0 Å². The minimum Gasteiger partial charge on any atom is -0.454 e. The van der Waals surface area contributed by atoms with E-state index in [1.54, 1.807) is 21.9 Å². The number of nitrogens with zero attached hydrogens (tertiary/aromatic N) is 3. The van der Waals surface area contributed by atoms with Gasteiger partial charge in [0.05, 0.1) is 18.2 Å². The molecular formula is C41H33F5N4O6. The lowest BCUT2D eigenvalue weighted by Gasteiger charge is -2.48. The molecule has 0 bridgehead atoms. The summed E-state index contributed by atoms with van der Waals surface area (Å²) >= 11 is 0. The van der Waals surface area contributed by atoms with Gasteiger partial charge in [0, 0.05) is 36.1 Å². The van der Waals surface area contributed by atoms with Gasteiger partial charge in [-0.1, -0.05) is 36.4 Å². The Balaban J connectivity index is 0.846. The molecule has 2 atom stereocenters. The summed E-state index contributed by atoms with van der Waals surface area (Å²) in [6, 6.07) is 18.3. The number of carbonyl (C=O) groups is 3. The number of benzene rings is 4. The maximum atomic E-state index is 14.3. The highest BCUT2D eigenvalue weighted by molar-refractivity contribution is 5.97. The molecule has 4 aromatic carbocycles.